The largest absolute Gasteiger partial charge is 0.480 e. The lowest BCUT2D eigenvalue weighted by molar-refractivity contribution is -0.143. The zero-order chi connectivity index (χ0) is 27.7. The second kappa shape index (κ2) is 13.4. The highest BCUT2D eigenvalue weighted by atomic mass is 16.4. The molecule has 4 unspecified atom stereocenters. The number of nitrogens with two attached hydrogens (primary N) is 2. The fourth-order valence-corrected chi connectivity index (χ4v) is 3.75. The summed E-state index contributed by atoms with van der Waals surface area (Å²) in [4.78, 5) is 64.1. The number of para-hydroxylation sites is 1. The molecule has 1 aromatic heterocycles. The van der Waals surface area contributed by atoms with Gasteiger partial charge in [0.05, 0.1) is 19.1 Å². The van der Waals surface area contributed by atoms with Gasteiger partial charge in [0.15, 0.2) is 0 Å². The second-order valence-electron chi connectivity index (χ2n) is 9.17. The Labute approximate surface area is 213 Å². The number of nitrogens with one attached hydrogen (secondary N) is 4. The molecule has 37 heavy (non-hydrogen) atoms. The molecule has 202 valence electrons. The lowest BCUT2D eigenvalue weighted by atomic mass is 10.0. The minimum Gasteiger partial charge on any atom is -0.480 e. The first-order valence-corrected chi connectivity index (χ1v) is 11.8. The Morgan fingerprint density at radius 3 is 2.14 bits per heavy atom. The van der Waals surface area contributed by atoms with Crippen molar-refractivity contribution in [1.29, 1.82) is 0 Å². The Kier molecular flexibility index (Phi) is 10.6. The highest BCUT2D eigenvalue weighted by molar-refractivity contribution is 5.96. The predicted octanol–water partition coefficient (Wildman–Crippen LogP) is -1.51. The van der Waals surface area contributed by atoms with Crippen molar-refractivity contribution in [1.82, 2.24) is 20.9 Å². The number of carbonyl (C=O) groups excluding carboxylic acids is 4. The van der Waals surface area contributed by atoms with Gasteiger partial charge < -0.3 is 42.6 Å². The molecule has 0 radical (unpaired) electrons. The third-order valence-corrected chi connectivity index (χ3v) is 5.63. The van der Waals surface area contributed by atoms with Crippen LogP contribution in [0, 0.1) is 5.92 Å². The van der Waals surface area contributed by atoms with Gasteiger partial charge in [-0.3, -0.25) is 19.2 Å². The first-order valence-electron chi connectivity index (χ1n) is 11.8. The Balaban J connectivity index is 2.05. The van der Waals surface area contributed by atoms with Gasteiger partial charge >= 0.3 is 5.97 Å². The summed E-state index contributed by atoms with van der Waals surface area (Å²) in [6.45, 7) is 2.71. The van der Waals surface area contributed by atoms with E-state index in [0.717, 1.165) is 16.5 Å². The van der Waals surface area contributed by atoms with E-state index in [2.05, 4.69) is 20.9 Å². The molecular weight excluding hydrogens is 484 g/mol. The third-order valence-electron chi connectivity index (χ3n) is 5.63. The number of H-pyrrole nitrogens is 1. The van der Waals surface area contributed by atoms with E-state index in [1.54, 1.807) is 20.0 Å². The molecule has 0 aliphatic rings. The monoisotopic (exact) mass is 518 g/mol. The van der Waals surface area contributed by atoms with E-state index < -0.39 is 66.8 Å². The molecule has 0 saturated heterocycles. The summed E-state index contributed by atoms with van der Waals surface area (Å²) in [5, 5.41) is 26.8. The van der Waals surface area contributed by atoms with Crippen LogP contribution in [0.2, 0.25) is 0 Å². The molecule has 1 aromatic carbocycles. The second-order valence-corrected chi connectivity index (χ2v) is 9.17. The van der Waals surface area contributed by atoms with E-state index >= 15 is 0 Å². The van der Waals surface area contributed by atoms with Crippen LogP contribution in [0.15, 0.2) is 30.5 Å². The fourth-order valence-electron chi connectivity index (χ4n) is 3.75. The van der Waals surface area contributed by atoms with Crippen LogP contribution >= 0.6 is 0 Å². The molecule has 13 heteroatoms. The van der Waals surface area contributed by atoms with E-state index in [1.807, 2.05) is 24.3 Å². The average molecular weight is 519 g/mol. The minimum absolute atomic E-state index is 0.0620. The van der Waals surface area contributed by atoms with Crippen LogP contribution in [-0.2, 0) is 30.4 Å². The number of aromatic amines is 1. The number of amides is 4. The quantitative estimate of drug-likeness (QED) is 0.146. The molecule has 0 aliphatic heterocycles. The first kappa shape index (κ1) is 29.3. The van der Waals surface area contributed by atoms with Crippen LogP contribution in [-0.4, -0.2) is 75.6 Å². The lowest BCUT2D eigenvalue weighted by Crippen LogP contribution is -2.58. The number of hydrogen-bond acceptors (Lipinski definition) is 7. The highest BCUT2D eigenvalue weighted by Crippen LogP contribution is 2.18. The van der Waals surface area contributed by atoms with Crippen LogP contribution in [0.4, 0.5) is 0 Å². The molecule has 13 nitrogen and oxygen atoms in total. The van der Waals surface area contributed by atoms with Crippen molar-refractivity contribution in [2.45, 2.75) is 57.3 Å². The van der Waals surface area contributed by atoms with Crippen LogP contribution in [0.25, 0.3) is 10.9 Å². The van der Waals surface area contributed by atoms with E-state index in [0.29, 0.717) is 0 Å². The summed E-state index contributed by atoms with van der Waals surface area (Å²) in [5.74, 6) is -4.92. The number of rotatable bonds is 14. The molecule has 0 fully saturated rings. The van der Waals surface area contributed by atoms with Crippen molar-refractivity contribution in [3.8, 4) is 0 Å². The fraction of sp³-hybridized carbons (Fsp3) is 0.458. The van der Waals surface area contributed by atoms with Gasteiger partial charge in [-0.25, -0.2) is 4.79 Å². The van der Waals surface area contributed by atoms with Gasteiger partial charge in [-0.15, -0.1) is 0 Å². The van der Waals surface area contributed by atoms with Crippen molar-refractivity contribution in [3.63, 3.8) is 0 Å². The molecule has 0 saturated carbocycles. The highest BCUT2D eigenvalue weighted by Gasteiger charge is 2.31. The number of aliphatic carboxylic acids is 1. The minimum atomic E-state index is -1.52. The Hall–Kier alpha value is -3.97. The molecule has 4 amide bonds. The van der Waals surface area contributed by atoms with Gasteiger partial charge in [0.2, 0.25) is 23.6 Å². The Morgan fingerprint density at radius 2 is 1.54 bits per heavy atom. The van der Waals surface area contributed by atoms with Gasteiger partial charge in [0, 0.05) is 17.1 Å². The molecule has 0 aliphatic carbocycles. The number of fused-ring (bicyclic) bond motifs is 1. The van der Waals surface area contributed by atoms with Gasteiger partial charge in [-0.1, -0.05) is 32.0 Å². The number of aliphatic hydroxyl groups excluding tert-OH is 1. The molecule has 2 aromatic rings. The standard InChI is InChI=1S/C24H34N6O7/c1-12(2)7-18(24(36)37)29-22(34)17(9-20(26)32)28-23(35)19(11-31)30-21(33)15(25)8-13-10-27-16-6-4-3-5-14(13)16/h3-6,10,12,15,17-19,27,31H,7-9,11,25H2,1-2H3,(H2,26,32)(H,28,35)(H,29,34)(H,30,33)(H,36,37). The van der Waals surface area contributed by atoms with E-state index in [4.69, 9.17) is 11.5 Å². The Bertz CT molecular complexity index is 1130. The predicted molar refractivity (Wildman–Crippen MR) is 134 cm³/mol. The molecule has 2 rings (SSSR count). The van der Waals surface area contributed by atoms with Gasteiger partial charge in [-0.05, 0) is 30.4 Å². The summed E-state index contributed by atoms with van der Waals surface area (Å²) in [6, 6.07) is 2.12. The Morgan fingerprint density at radius 1 is 0.946 bits per heavy atom. The van der Waals surface area contributed by atoms with Crippen molar-refractivity contribution < 1.29 is 34.2 Å². The number of primary amides is 1. The van der Waals surface area contributed by atoms with E-state index in [-0.39, 0.29) is 18.8 Å². The number of carboxylic acids is 1. The van der Waals surface area contributed by atoms with E-state index in [9.17, 15) is 34.2 Å². The molecular formula is C24H34N6O7. The maximum absolute atomic E-state index is 12.7. The normalized spacial score (nSPS) is 14.4. The third kappa shape index (κ3) is 8.58. The topological polar surface area (TPSA) is 230 Å². The SMILES string of the molecule is CC(C)CC(NC(=O)C(CC(N)=O)NC(=O)C(CO)NC(=O)C(N)Cc1c[nH]c2ccccc12)C(=O)O. The lowest BCUT2D eigenvalue weighted by Gasteiger charge is -2.24. The summed E-state index contributed by atoms with van der Waals surface area (Å²) in [7, 11) is 0. The van der Waals surface area contributed by atoms with Crippen molar-refractivity contribution in [2.24, 2.45) is 17.4 Å². The smallest absolute Gasteiger partial charge is 0.326 e. The number of hydrogen-bond donors (Lipinski definition) is 8. The first-order chi connectivity index (χ1) is 17.4. The van der Waals surface area contributed by atoms with Crippen LogP contribution < -0.4 is 27.4 Å². The number of carbonyl (C=O) groups is 5. The average Bonchev–Trinajstić information content (AvgIpc) is 3.23. The maximum atomic E-state index is 12.7. The zero-order valence-electron chi connectivity index (χ0n) is 20.7. The van der Waals surface area contributed by atoms with Gasteiger partial charge in [-0.2, -0.15) is 0 Å². The van der Waals surface area contributed by atoms with Crippen molar-refractivity contribution in [3.05, 3.63) is 36.0 Å². The molecule has 4 atom stereocenters. The number of aliphatic hydroxyl groups is 1. The molecule has 10 N–H and O–H groups in total. The number of aromatic nitrogens is 1. The molecule has 0 bridgehead atoms. The summed E-state index contributed by atoms with van der Waals surface area (Å²) in [5.41, 5.74) is 12.9. The molecule has 1 heterocycles. The van der Waals surface area contributed by atoms with Gasteiger partial charge in [0.1, 0.15) is 18.1 Å². The van der Waals surface area contributed by atoms with Crippen LogP contribution in [0.5, 0.6) is 0 Å². The summed E-state index contributed by atoms with van der Waals surface area (Å²) < 4.78 is 0. The van der Waals surface area contributed by atoms with Crippen LogP contribution in [0.3, 0.4) is 0 Å². The van der Waals surface area contributed by atoms with Crippen LogP contribution in [0.1, 0.15) is 32.3 Å². The molecule has 0 spiro atoms. The van der Waals surface area contributed by atoms with Crippen molar-refractivity contribution in [2.75, 3.05) is 6.61 Å². The van der Waals surface area contributed by atoms with Crippen molar-refractivity contribution >= 4 is 40.5 Å². The zero-order valence-corrected chi connectivity index (χ0v) is 20.7. The number of carboxylic acid groups (broad SMARTS) is 1. The summed E-state index contributed by atoms with van der Waals surface area (Å²) in [6.07, 6.45) is 1.36. The number of benzene rings is 1. The van der Waals surface area contributed by atoms with Gasteiger partial charge in [0.25, 0.3) is 0 Å². The maximum Gasteiger partial charge on any atom is 0.326 e. The summed E-state index contributed by atoms with van der Waals surface area (Å²) >= 11 is 0. The van der Waals surface area contributed by atoms with E-state index in [1.165, 1.54) is 0 Å².